The first-order valence-electron chi connectivity index (χ1n) is 6.53. The molecule has 2 aromatic rings. The molecule has 0 spiro atoms. The maximum absolute atomic E-state index is 13.6. The average molecular weight is 293 g/mol. The first kappa shape index (κ1) is 14.8. The summed E-state index contributed by atoms with van der Waals surface area (Å²) in [6.07, 6.45) is 2.45. The Morgan fingerprint density at radius 2 is 2.05 bits per heavy atom. The van der Waals surface area contributed by atoms with Crippen LogP contribution in [0.15, 0.2) is 36.5 Å². The van der Waals surface area contributed by atoms with E-state index in [2.05, 4.69) is 24.1 Å². The molecule has 0 radical (unpaired) electrons. The lowest BCUT2D eigenvalue weighted by Crippen LogP contribution is -2.19. The molecule has 2 heterocycles. The van der Waals surface area contributed by atoms with E-state index < -0.39 is 0 Å². The van der Waals surface area contributed by atoms with Crippen LogP contribution < -0.4 is 5.32 Å². The number of anilines is 1. The normalized spacial score (nSPS) is 15.2. The number of hydrogen-bond acceptors (Lipinski definition) is 2. The summed E-state index contributed by atoms with van der Waals surface area (Å²) in [5, 5.41) is 3.40. The molecule has 1 aromatic heterocycles. The molecule has 4 heteroatoms. The highest BCUT2D eigenvalue weighted by Gasteiger charge is 2.30. The lowest BCUT2D eigenvalue weighted by Gasteiger charge is -2.16. The lowest BCUT2D eigenvalue weighted by molar-refractivity contribution is 0.584. The molecular weight excluding hydrogens is 275 g/mol. The summed E-state index contributed by atoms with van der Waals surface area (Å²) < 4.78 is 13.6. The van der Waals surface area contributed by atoms with Gasteiger partial charge in [0.15, 0.2) is 0 Å². The molecule has 2 nitrogen and oxygen atoms in total. The van der Waals surface area contributed by atoms with E-state index in [1.165, 1.54) is 11.6 Å². The van der Waals surface area contributed by atoms with E-state index in [0.717, 1.165) is 17.9 Å². The van der Waals surface area contributed by atoms with Crippen molar-refractivity contribution in [2.75, 3.05) is 11.9 Å². The maximum Gasteiger partial charge on any atom is 0.126 e. The molecule has 0 saturated carbocycles. The highest BCUT2D eigenvalue weighted by Crippen LogP contribution is 2.35. The molecule has 0 aliphatic carbocycles. The molecule has 3 rings (SSSR count). The van der Waals surface area contributed by atoms with Crippen molar-refractivity contribution in [2.24, 2.45) is 0 Å². The van der Waals surface area contributed by atoms with Crippen molar-refractivity contribution >= 4 is 18.1 Å². The second kappa shape index (κ2) is 5.41. The van der Waals surface area contributed by atoms with Crippen molar-refractivity contribution in [1.82, 2.24) is 4.98 Å². The summed E-state index contributed by atoms with van der Waals surface area (Å²) in [5.74, 6) is -0.168. The van der Waals surface area contributed by atoms with Crippen molar-refractivity contribution in [2.45, 2.75) is 25.7 Å². The minimum Gasteiger partial charge on any atom is -0.384 e. The fraction of sp³-hybridized carbons (Fsp3) is 0.312. The van der Waals surface area contributed by atoms with Gasteiger partial charge in [0.05, 0.1) is 0 Å². The summed E-state index contributed by atoms with van der Waals surface area (Å²) in [5.41, 5.74) is 4.08. The van der Waals surface area contributed by atoms with Crippen molar-refractivity contribution in [3.63, 3.8) is 0 Å². The number of benzene rings is 1. The largest absolute Gasteiger partial charge is 0.384 e. The van der Waals surface area contributed by atoms with E-state index in [0.29, 0.717) is 12.0 Å². The number of rotatable bonds is 2. The van der Waals surface area contributed by atoms with Crippen LogP contribution in [0, 0.1) is 5.82 Å². The van der Waals surface area contributed by atoms with E-state index in [4.69, 9.17) is 0 Å². The molecule has 106 valence electrons. The van der Waals surface area contributed by atoms with E-state index in [1.54, 1.807) is 6.07 Å². The van der Waals surface area contributed by atoms with Crippen LogP contribution in [0.25, 0.3) is 0 Å². The zero-order valence-electron chi connectivity index (χ0n) is 11.6. The quantitative estimate of drug-likeness (QED) is 0.907. The number of nitrogens with one attached hydrogen (secondary N) is 1. The number of halogens is 2. The standard InChI is InChI=1S/C16H17FN2.ClH/c1-16(2)10-19-15-8-12(18-9-13(15)16)7-11-5-3-4-6-14(11)17;/h3-6,8-9,19H,7,10H2,1-2H3;1H. The van der Waals surface area contributed by atoms with Crippen LogP contribution in [0.3, 0.4) is 0 Å². The molecule has 0 bridgehead atoms. The Morgan fingerprint density at radius 3 is 2.80 bits per heavy atom. The number of nitrogens with zero attached hydrogens (tertiary/aromatic N) is 1. The third kappa shape index (κ3) is 2.63. The molecule has 20 heavy (non-hydrogen) atoms. The van der Waals surface area contributed by atoms with E-state index >= 15 is 0 Å². The van der Waals surface area contributed by atoms with Gasteiger partial charge in [0.1, 0.15) is 5.82 Å². The molecule has 0 amide bonds. The van der Waals surface area contributed by atoms with Gasteiger partial charge in [-0.2, -0.15) is 0 Å². The Bertz CT molecular complexity index is 626. The van der Waals surface area contributed by atoms with Gasteiger partial charge in [0.25, 0.3) is 0 Å². The summed E-state index contributed by atoms with van der Waals surface area (Å²) in [4.78, 5) is 4.48. The van der Waals surface area contributed by atoms with Crippen LogP contribution in [-0.4, -0.2) is 11.5 Å². The third-order valence-corrected chi connectivity index (χ3v) is 3.74. The predicted octanol–water partition coefficient (Wildman–Crippen LogP) is 3.94. The van der Waals surface area contributed by atoms with Crippen molar-refractivity contribution < 1.29 is 4.39 Å². The summed E-state index contributed by atoms with van der Waals surface area (Å²) in [7, 11) is 0. The van der Waals surface area contributed by atoms with Gasteiger partial charge in [0.2, 0.25) is 0 Å². The van der Waals surface area contributed by atoms with Gasteiger partial charge < -0.3 is 5.32 Å². The number of fused-ring (bicyclic) bond motifs is 1. The van der Waals surface area contributed by atoms with Gasteiger partial charge in [-0.3, -0.25) is 4.98 Å². The molecule has 0 atom stereocenters. The fourth-order valence-corrected chi connectivity index (χ4v) is 2.53. The predicted molar refractivity (Wildman–Crippen MR) is 82.2 cm³/mol. The Labute approximate surface area is 124 Å². The van der Waals surface area contributed by atoms with Gasteiger partial charge in [-0.25, -0.2) is 4.39 Å². The van der Waals surface area contributed by atoms with Gasteiger partial charge in [-0.05, 0) is 17.7 Å². The SMILES string of the molecule is CC1(C)CNc2cc(Cc3ccccc3F)ncc21.Cl. The minimum absolute atomic E-state index is 0. The molecule has 1 aliphatic rings. The molecule has 1 N–H and O–H groups in total. The second-order valence-electron chi connectivity index (χ2n) is 5.73. The van der Waals surface area contributed by atoms with Gasteiger partial charge >= 0.3 is 0 Å². The highest BCUT2D eigenvalue weighted by molar-refractivity contribution is 5.85. The Hall–Kier alpha value is -1.61. The highest BCUT2D eigenvalue weighted by atomic mass is 35.5. The molecule has 1 aliphatic heterocycles. The van der Waals surface area contributed by atoms with Crippen LogP contribution in [0.1, 0.15) is 30.7 Å². The first-order valence-corrected chi connectivity index (χ1v) is 6.53. The summed E-state index contributed by atoms with van der Waals surface area (Å²) in [6, 6.07) is 8.90. The number of aromatic nitrogens is 1. The first-order chi connectivity index (χ1) is 9.06. The molecule has 1 aromatic carbocycles. The second-order valence-corrected chi connectivity index (χ2v) is 5.73. The smallest absolute Gasteiger partial charge is 0.126 e. The van der Waals surface area contributed by atoms with Crippen molar-refractivity contribution in [3.05, 3.63) is 59.2 Å². The topological polar surface area (TPSA) is 24.9 Å². The minimum atomic E-state index is -0.168. The molecule has 0 unspecified atom stereocenters. The summed E-state index contributed by atoms with van der Waals surface area (Å²) in [6.45, 7) is 5.32. The fourth-order valence-electron chi connectivity index (χ4n) is 2.53. The number of pyridine rings is 1. The molecule has 0 fully saturated rings. The van der Waals surface area contributed by atoms with Gasteiger partial charge in [0, 0.05) is 41.5 Å². The molecular formula is C16H18ClFN2. The Morgan fingerprint density at radius 1 is 1.30 bits per heavy atom. The zero-order chi connectivity index (χ0) is 13.5. The van der Waals surface area contributed by atoms with Crippen LogP contribution in [0.2, 0.25) is 0 Å². The lowest BCUT2D eigenvalue weighted by atomic mass is 9.88. The Balaban J connectivity index is 0.00000147. The van der Waals surface area contributed by atoms with Crippen LogP contribution in [0.4, 0.5) is 10.1 Å². The van der Waals surface area contributed by atoms with Crippen molar-refractivity contribution in [3.8, 4) is 0 Å². The van der Waals surface area contributed by atoms with Crippen LogP contribution >= 0.6 is 12.4 Å². The van der Waals surface area contributed by atoms with E-state index in [-0.39, 0.29) is 23.6 Å². The van der Waals surface area contributed by atoms with Crippen molar-refractivity contribution in [1.29, 1.82) is 0 Å². The zero-order valence-corrected chi connectivity index (χ0v) is 12.4. The van der Waals surface area contributed by atoms with Gasteiger partial charge in [-0.1, -0.05) is 32.0 Å². The molecule has 0 saturated heterocycles. The number of hydrogen-bond donors (Lipinski definition) is 1. The summed E-state index contributed by atoms with van der Waals surface area (Å²) >= 11 is 0. The van der Waals surface area contributed by atoms with Crippen LogP contribution in [-0.2, 0) is 11.8 Å². The van der Waals surface area contributed by atoms with E-state index in [9.17, 15) is 4.39 Å². The average Bonchev–Trinajstić information content (AvgIpc) is 2.68. The van der Waals surface area contributed by atoms with Crippen LogP contribution in [0.5, 0.6) is 0 Å². The maximum atomic E-state index is 13.6. The third-order valence-electron chi connectivity index (χ3n) is 3.74. The van der Waals surface area contributed by atoms with Gasteiger partial charge in [-0.15, -0.1) is 12.4 Å². The Kier molecular flexibility index (Phi) is 4.00. The van der Waals surface area contributed by atoms with E-state index in [1.807, 2.05) is 24.4 Å². The monoisotopic (exact) mass is 292 g/mol.